The highest BCUT2D eigenvalue weighted by Gasteiger charge is 2.34. The van der Waals surface area contributed by atoms with E-state index in [-0.39, 0.29) is 12.3 Å². The van der Waals surface area contributed by atoms with Crippen LogP contribution in [0.25, 0.3) is 0 Å². The third-order valence-electron chi connectivity index (χ3n) is 5.30. The fraction of sp³-hybridized carbons (Fsp3) is 0.667. The van der Waals surface area contributed by atoms with Crippen molar-refractivity contribution in [2.75, 3.05) is 0 Å². The zero-order valence-corrected chi connectivity index (χ0v) is 17.8. The van der Waals surface area contributed by atoms with Crippen molar-refractivity contribution in [3.05, 3.63) is 35.9 Å². The molecule has 0 aliphatic rings. The number of unbranched alkanes of at least 4 members (excludes halogenated alkanes) is 10. The summed E-state index contributed by atoms with van der Waals surface area (Å²) in [6.45, 7) is 3.83. The molecular weight excluding hydrogens is 350 g/mol. The fourth-order valence-electron chi connectivity index (χ4n) is 3.50. The number of carbonyl (C=O) groups excluding carboxylic acids is 1. The first-order valence-corrected chi connectivity index (χ1v) is 11.1. The van der Waals surface area contributed by atoms with Gasteiger partial charge in [-0.2, -0.15) is 0 Å². The Morgan fingerprint density at radius 3 is 1.86 bits per heavy atom. The Kier molecular flexibility index (Phi) is 12.3. The third kappa shape index (κ3) is 10.5. The van der Waals surface area contributed by atoms with E-state index >= 15 is 0 Å². The molecule has 0 saturated carbocycles. The van der Waals surface area contributed by atoms with Gasteiger partial charge in [-0.1, -0.05) is 101 Å². The zero-order valence-electron chi connectivity index (χ0n) is 17.8. The van der Waals surface area contributed by atoms with Crippen LogP contribution in [0.3, 0.4) is 0 Å². The Hall–Kier alpha value is -1.84. The summed E-state index contributed by atoms with van der Waals surface area (Å²) in [4.78, 5) is 23.9. The predicted octanol–water partition coefficient (Wildman–Crippen LogP) is 5.89. The maximum atomic E-state index is 12.2. The summed E-state index contributed by atoms with van der Waals surface area (Å²) in [6, 6.07) is 9.43. The number of carboxylic acids is 1. The second-order valence-electron chi connectivity index (χ2n) is 8.13. The van der Waals surface area contributed by atoms with Gasteiger partial charge in [0.25, 0.3) is 0 Å². The molecule has 0 saturated heterocycles. The molecule has 1 amide bonds. The first-order valence-electron chi connectivity index (χ1n) is 11.1. The van der Waals surface area contributed by atoms with E-state index in [1.54, 1.807) is 6.92 Å². The highest BCUT2D eigenvalue weighted by Crippen LogP contribution is 2.15. The molecule has 0 fully saturated rings. The van der Waals surface area contributed by atoms with E-state index < -0.39 is 11.5 Å². The van der Waals surface area contributed by atoms with E-state index in [0.717, 1.165) is 24.8 Å². The van der Waals surface area contributed by atoms with Crippen molar-refractivity contribution in [2.24, 2.45) is 0 Å². The molecule has 28 heavy (non-hydrogen) atoms. The first kappa shape index (κ1) is 24.2. The van der Waals surface area contributed by atoms with Crippen LogP contribution in [-0.4, -0.2) is 22.5 Å². The van der Waals surface area contributed by atoms with Crippen molar-refractivity contribution in [1.29, 1.82) is 0 Å². The van der Waals surface area contributed by atoms with Gasteiger partial charge in [0.15, 0.2) is 0 Å². The molecule has 0 heterocycles. The van der Waals surface area contributed by atoms with Gasteiger partial charge in [0, 0.05) is 12.8 Å². The monoisotopic (exact) mass is 389 g/mol. The Balaban J connectivity index is 2.17. The van der Waals surface area contributed by atoms with Crippen LogP contribution in [0.2, 0.25) is 0 Å². The van der Waals surface area contributed by atoms with Gasteiger partial charge in [-0.05, 0) is 18.9 Å². The first-order chi connectivity index (χ1) is 13.5. The summed E-state index contributed by atoms with van der Waals surface area (Å²) in [5, 5.41) is 12.3. The topological polar surface area (TPSA) is 66.4 Å². The minimum Gasteiger partial charge on any atom is -0.480 e. The van der Waals surface area contributed by atoms with Gasteiger partial charge in [0.2, 0.25) is 5.91 Å². The molecular formula is C24H39NO3. The molecule has 1 atom stereocenters. The van der Waals surface area contributed by atoms with Crippen LogP contribution in [-0.2, 0) is 16.0 Å². The SMILES string of the molecule is CCCCCCCCCCCCCC(=O)NC(C)(Cc1ccccc1)C(=O)O. The van der Waals surface area contributed by atoms with Crippen LogP contribution >= 0.6 is 0 Å². The zero-order chi connectivity index (χ0) is 20.7. The largest absolute Gasteiger partial charge is 0.480 e. The minimum absolute atomic E-state index is 0.170. The van der Waals surface area contributed by atoms with E-state index in [4.69, 9.17) is 0 Å². The van der Waals surface area contributed by atoms with Crippen molar-refractivity contribution >= 4 is 11.9 Å². The average molecular weight is 390 g/mol. The predicted molar refractivity (Wildman–Crippen MR) is 115 cm³/mol. The van der Waals surface area contributed by atoms with Gasteiger partial charge in [0.05, 0.1) is 0 Å². The maximum Gasteiger partial charge on any atom is 0.329 e. The number of carboxylic acid groups (broad SMARTS) is 1. The van der Waals surface area contributed by atoms with Crippen molar-refractivity contribution in [3.8, 4) is 0 Å². The molecule has 0 bridgehead atoms. The molecule has 1 unspecified atom stereocenters. The molecule has 0 radical (unpaired) electrons. The number of aliphatic carboxylic acids is 1. The molecule has 0 aliphatic carbocycles. The Labute approximate surface area is 171 Å². The van der Waals surface area contributed by atoms with Crippen LogP contribution < -0.4 is 5.32 Å². The number of rotatable bonds is 16. The highest BCUT2D eigenvalue weighted by molar-refractivity contribution is 5.86. The number of amides is 1. The summed E-state index contributed by atoms with van der Waals surface area (Å²) in [5.41, 5.74) is -0.363. The van der Waals surface area contributed by atoms with E-state index in [0.29, 0.717) is 6.42 Å². The average Bonchev–Trinajstić information content (AvgIpc) is 2.66. The molecule has 1 aromatic carbocycles. The molecule has 2 N–H and O–H groups in total. The number of carbonyl (C=O) groups is 2. The second kappa shape index (κ2) is 14.2. The molecule has 4 nitrogen and oxygen atoms in total. The molecule has 1 rings (SSSR count). The van der Waals surface area contributed by atoms with E-state index in [9.17, 15) is 14.7 Å². The van der Waals surface area contributed by atoms with E-state index in [2.05, 4.69) is 12.2 Å². The quantitative estimate of drug-likeness (QED) is 0.346. The van der Waals surface area contributed by atoms with Gasteiger partial charge < -0.3 is 10.4 Å². The summed E-state index contributed by atoms with van der Waals surface area (Å²) >= 11 is 0. The number of benzene rings is 1. The Morgan fingerprint density at radius 1 is 0.857 bits per heavy atom. The highest BCUT2D eigenvalue weighted by atomic mass is 16.4. The van der Waals surface area contributed by atoms with Crippen LogP contribution in [0, 0.1) is 0 Å². The molecule has 0 aliphatic heterocycles. The lowest BCUT2D eigenvalue weighted by Gasteiger charge is -2.26. The maximum absolute atomic E-state index is 12.2. The summed E-state index contributed by atoms with van der Waals surface area (Å²) in [7, 11) is 0. The Bertz CT molecular complexity index is 558. The summed E-state index contributed by atoms with van der Waals surface area (Å²) in [5.74, 6) is -1.17. The number of hydrogen-bond donors (Lipinski definition) is 2. The summed E-state index contributed by atoms with van der Waals surface area (Å²) < 4.78 is 0. The lowest BCUT2D eigenvalue weighted by molar-refractivity contribution is -0.146. The second-order valence-corrected chi connectivity index (χ2v) is 8.13. The number of hydrogen-bond acceptors (Lipinski definition) is 2. The van der Waals surface area contributed by atoms with Crippen LogP contribution in [0.5, 0.6) is 0 Å². The van der Waals surface area contributed by atoms with Crippen LogP contribution in [0.15, 0.2) is 30.3 Å². The number of nitrogens with one attached hydrogen (secondary N) is 1. The molecule has 4 heteroatoms. The van der Waals surface area contributed by atoms with Crippen molar-refractivity contribution in [2.45, 2.75) is 103 Å². The van der Waals surface area contributed by atoms with Crippen LogP contribution in [0.4, 0.5) is 0 Å². The lowest BCUT2D eigenvalue weighted by Crippen LogP contribution is -2.53. The normalized spacial score (nSPS) is 13.1. The van der Waals surface area contributed by atoms with E-state index in [1.807, 2.05) is 30.3 Å². The van der Waals surface area contributed by atoms with Gasteiger partial charge >= 0.3 is 5.97 Å². The van der Waals surface area contributed by atoms with Crippen molar-refractivity contribution in [1.82, 2.24) is 5.32 Å². The molecule has 0 spiro atoms. The van der Waals surface area contributed by atoms with Gasteiger partial charge in [-0.3, -0.25) is 4.79 Å². The molecule has 0 aromatic heterocycles. The lowest BCUT2D eigenvalue weighted by atomic mass is 9.92. The minimum atomic E-state index is -1.27. The van der Waals surface area contributed by atoms with E-state index in [1.165, 1.54) is 51.4 Å². The molecule has 1 aromatic rings. The Morgan fingerprint density at radius 2 is 1.36 bits per heavy atom. The van der Waals surface area contributed by atoms with Gasteiger partial charge in [0.1, 0.15) is 5.54 Å². The fourth-order valence-corrected chi connectivity index (χ4v) is 3.50. The standard InChI is InChI=1S/C24H39NO3/c1-3-4-5-6-7-8-9-10-11-12-16-19-22(26)25-24(2,23(27)28)20-21-17-14-13-15-18-21/h13-15,17-18H,3-12,16,19-20H2,1-2H3,(H,25,26)(H,27,28). The van der Waals surface area contributed by atoms with Crippen molar-refractivity contribution < 1.29 is 14.7 Å². The van der Waals surface area contributed by atoms with Crippen molar-refractivity contribution in [3.63, 3.8) is 0 Å². The molecule has 158 valence electrons. The van der Waals surface area contributed by atoms with Gasteiger partial charge in [-0.15, -0.1) is 0 Å². The summed E-state index contributed by atoms with van der Waals surface area (Å²) in [6.07, 6.45) is 14.3. The van der Waals surface area contributed by atoms with Crippen LogP contribution in [0.1, 0.15) is 96.5 Å². The third-order valence-corrected chi connectivity index (χ3v) is 5.30. The smallest absolute Gasteiger partial charge is 0.329 e. The van der Waals surface area contributed by atoms with Gasteiger partial charge in [-0.25, -0.2) is 4.79 Å².